The number of pyridine rings is 1. The molecule has 0 aliphatic heterocycles. The second kappa shape index (κ2) is 11.4. The Kier molecular flexibility index (Phi) is 7.29. The molecule has 0 spiro atoms. The van der Waals surface area contributed by atoms with E-state index in [0.29, 0.717) is 22.9 Å². The van der Waals surface area contributed by atoms with Crippen molar-refractivity contribution in [3.63, 3.8) is 0 Å². The third-order valence-electron chi connectivity index (χ3n) is 7.28. The van der Waals surface area contributed by atoms with Crippen molar-refractivity contribution in [3.8, 4) is 0 Å². The van der Waals surface area contributed by atoms with Gasteiger partial charge in [-0.25, -0.2) is 14.6 Å². The van der Waals surface area contributed by atoms with E-state index in [1.54, 1.807) is 50.6 Å². The first-order chi connectivity index (χ1) is 20.8. The molecule has 0 atom stereocenters. The van der Waals surface area contributed by atoms with Crippen molar-refractivity contribution in [2.24, 2.45) is 0 Å². The monoisotopic (exact) mass is 571 g/mol. The van der Waals surface area contributed by atoms with Crippen molar-refractivity contribution >= 4 is 39.7 Å². The quantitative estimate of drug-likeness (QED) is 0.188. The van der Waals surface area contributed by atoms with Gasteiger partial charge >= 0.3 is 12.0 Å². The zero-order chi connectivity index (χ0) is 30.1. The van der Waals surface area contributed by atoms with Gasteiger partial charge in [-0.3, -0.25) is 14.3 Å². The predicted molar refractivity (Wildman–Crippen MR) is 163 cm³/mol. The Hall–Kier alpha value is -5.57. The number of rotatable bonds is 7. The lowest BCUT2D eigenvalue weighted by molar-refractivity contribution is 0.0475. The molecule has 3 aromatic heterocycles. The minimum atomic E-state index is -0.579. The average Bonchev–Trinajstić information content (AvgIpc) is 3.61. The second-order valence-electron chi connectivity index (χ2n) is 10.5. The van der Waals surface area contributed by atoms with Crippen LogP contribution < -0.4 is 0 Å². The number of H-pyrrole nitrogens is 1. The average molecular weight is 572 g/mol. The number of aromatic nitrogens is 4. The van der Waals surface area contributed by atoms with E-state index in [4.69, 9.17) is 4.74 Å². The Morgan fingerprint density at radius 3 is 2.40 bits per heavy atom. The summed E-state index contributed by atoms with van der Waals surface area (Å²) in [6, 6.07) is 23.2. The molecule has 0 fully saturated rings. The maximum absolute atomic E-state index is 14.0. The Morgan fingerprint density at radius 2 is 1.65 bits per heavy atom. The highest BCUT2D eigenvalue weighted by Crippen LogP contribution is 2.29. The van der Waals surface area contributed by atoms with Gasteiger partial charge in [-0.05, 0) is 36.2 Å². The number of imidazole rings is 1. The van der Waals surface area contributed by atoms with Crippen LogP contribution >= 0.6 is 0 Å². The molecule has 0 radical (unpaired) electrons. The van der Waals surface area contributed by atoms with Gasteiger partial charge in [0.05, 0.1) is 22.3 Å². The van der Waals surface area contributed by atoms with Crippen LogP contribution in [-0.4, -0.2) is 56.3 Å². The normalized spacial score (nSPS) is 11.1. The van der Waals surface area contributed by atoms with Gasteiger partial charge in [-0.2, -0.15) is 0 Å². The fraction of sp³-hybridized carbons (Fsp3) is 0.147. The summed E-state index contributed by atoms with van der Waals surface area (Å²) >= 11 is 0. The topological polar surface area (TPSA) is 110 Å². The molecular weight excluding hydrogens is 542 g/mol. The van der Waals surface area contributed by atoms with Crippen LogP contribution in [0, 0.1) is 6.92 Å². The van der Waals surface area contributed by atoms with Crippen LogP contribution in [-0.2, 0) is 17.8 Å². The van der Waals surface area contributed by atoms with Crippen molar-refractivity contribution in [2.45, 2.75) is 20.0 Å². The third kappa shape index (κ3) is 5.40. The number of carbonyl (C=O) groups is 3. The van der Waals surface area contributed by atoms with Gasteiger partial charge in [0.15, 0.2) is 5.78 Å². The second-order valence-corrected chi connectivity index (χ2v) is 10.5. The number of amides is 1. The molecule has 0 saturated carbocycles. The first kappa shape index (κ1) is 27.6. The Balaban J connectivity index is 1.34. The third-order valence-corrected chi connectivity index (χ3v) is 7.28. The number of aryl methyl sites for hydroxylation is 1. The van der Waals surface area contributed by atoms with E-state index >= 15 is 0 Å². The van der Waals surface area contributed by atoms with Crippen molar-refractivity contribution in [1.29, 1.82) is 0 Å². The highest BCUT2D eigenvalue weighted by molar-refractivity contribution is 6.21. The number of esters is 1. The van der Waals surface area contributed by atoms with Gasteiger partial charge in [-0.15, -0.1) is 0 Å². The van der Waals surface area contributed by atoms with Crippen LogP contribution in [0.2, 0.25) is 0 Å². The molecule has 0 aliphatic carbocycles. The van der Waals surface area contributed by atoms with Crippen LogP contribution in [0.25, 0.3) is 21.9 Å². The minimum absolute atomic E-state index is 0.0819. The number of aromatic amines is 1. The van der Waals surface area contributed by atoms with Crippen LogP contribution in [0.3, 0.4) is 0 Å². The van der Waals surface area contributed by atoms with E-state index in [1.165, 1.54) is 15.7 Å². The smallest absolute Gasteiger partial charge is 0.339 e. The fourth-order valence-electron chi connectivity index (χ4n) is 5.17. The Bertz CT molecular complexity index is 1990. The number of ether oxygens (including phenoxy) is 1. The summed E-state index contributed by atoms with van der Waals surface area (Å²) in [6.07, 6.45) is 3.80. The number of nitrogens with zero attached hydrogens (tertiary/aromatic N) is 4. The molecule has 0 unspecified atom stereocenters. The maximum Gasteiger partial charge on any atom is 0.339 e. The van der Waals surface area contributed by atoms with E-state index in [-0.39, 0.29) is 29.5 Å². The molecule has 0 saturated heterocycles. The summed E-state index contributed by atoms with van der Waals surface area (Å²) in [5.41, 5.74) is 5.72. The van der Waals surface area contributed by atoms with Crippen molar-refractivity contribution < 1.29 is 19.1 Å². The van der Waals surface area contributed by atoms with E-state index in [0.717, 1.165) is 33.7 Å². The number of fused-ring (bicyclic) bond motifs is 2. The summed E-state index contributed by atoms with van der Waals surface area (Å²) < 4.78 is 7.01. The summed E-state index contributed by atoms with van der Waals surface area (Å²) in [4.78, 5) is 54.1. The van der Waals surface area contributed by atoms with Crippen molar-refractivity contribution in [2.75, 3.05) is 14.1 Å². The van der Waals surface area contributed by atoms with Gasteiger partial charge in [0.2, 0.25) is 0 Å². The lowest BCUT2D eigenvalue weighted by atomic mass is 9.98. The van der Waals surface area contributed by atoms with Gasteiger partial charge < -0.3 is 14.6 Å². The number of nitrogens with one attached hydrogen (secondary N) is 1. The van der Waals surface area contributed by atoms with E-state index in [9.17, 15) is 14.4 Å². The molecule has 3 heterocycles. The largest absolute Gasteiger partial charge is 0.457 e. The molecule has 43 heavy (non-hydrogen) atoms. The molecule has 3 aromatic carbocycles. The highest BCUT2D eigenvalue weighted by atomic mass is 16.5. The summed E-state index contributed by atoms with van der Waals surface area (Å²) in [5.74, 6) is -0.0714. The summed E-state index contributed by atoms with van der Waals surface area (Å²) in [5, 5.41) is 0.370. The minimum Gasteiger partial charge on any atom is -0.457 e. The van der Waals surface area contributed by atoms with Crippen molar-refractivity contribution in [3.05, 3.63) is 131 Å². The molecule has 6 aromatic rings. The molecule has 0 bridgehead atoms. The van der Waals surface area contributed by atoms with Crippen molar-refractivity contribution in [1.82, 2.24) is 24.4 Å². The summed E-state index contributed by atoms with van der Waals surface area (Å²) in [7, 11) is 3.26. The van der Waals surface area contributed by atoms with E-state index in [2.05, 4.69) is 15.0 Å². The van der Waals surface area contributed by atoms with Crippen LogP contribution in [0.15, 0.2) is 91.3 Å². The predicted octanol–water partition coefficient (Wildman–Crippen LogP) is 5.93. The number of hydrogen-bond donors (Lipinski definition) is 1. The number of carbonyl (C=O) groups excluding carboxylic acids is 3. The molecule has 9 heteroatoms. The highest BCUT2D eigenvalue weighted by Gasteiger charge is 2.25. The van der Waals surface area contributed by atoms with Crippen LogP contribution in [0.5, 0.6) is 0 Å². The molecule has 6 rings (SSSR count). The zero-order valence-electron chi connectivity index (χ0n) is 24.0. The van der Waals surface area contributed by atoms with Crippen LogP contribution in [0.4, 0.5) is 4.79 Å². The Morgan fingerprint density at radius 1 is 0.884 bits per heavy atom. The maximum atomic E-state index is 14.0. The standard InChI is InChI=1S/C34H29N5O4/c1-21-36-27-16-17-35-28(31(27)37-21)18-22-12-14-24(15-13-22)32(40)26-19-39(34(42)38(2)3)29-11-7-10-25(30(26)29)33(41)43-20-23-8-5-4-6-9-23/h4-17,19H,18,20H2,1-3H3,(H,36,37). The molecule has 1 N–H and O–H groups in total. The first-order valence-corrected chi connectivity index (χ1v) is 13.8. The van der Waals surface area contributed by atoms with Gasteiger partial charge in [0, 0.05) is 49.4 Å². The molecule has 214 valence electrons. The van der Waals surface area contributed by atoms with Gasteiger partial charge in [0.1, 0.15) is 17.9 Å². The SMILES string of the molecule is Cc1nc2c(Cc3ccc(C(=O)c4cn(C(=O)N(C)C)c5cccc(C(=O)OCc6ccccc6)c45)cc3)nccc2[nH]1. The molecular formula is C34H29N5O4. The first-order valence-electron chi connectivity index (χ1n) is 13.8. The summed E-state index contributed by atoms with van der Waals surface area (Å²) in [6.45, 7) is 1.99. The van der Waals surface area contributed by atoms with Crippen LogP contribution in [0.1, 0.15) is 48.9 Å². The lowest BCUT2D eigenvalue weighted by Crippen LogP contribution is -2.26. The number of benzene rings is 3. The Labute approximate surface area is 247 Å². The van der Waals surface area contributed by atoms with Gasteiger partial charge in [0.25, 0.3) is 0 Å². The zero-order valence-corrected chi connectivity index (χ0v) is 24.0. The number of ketones is 1. The lowest BCUT2D eigenvalue weighted by Gasteiger charge is -2.12. The molecule has 0 aliphatic rings. The molecule has 1 amide bonds. The van der Waals surface area contributed by atoms with E-state index < -0.39 is 5.97 Å². The molecule has 9 nitrogen and oxygen atoms in total. The van der Waals surface area contributed by atoms with E-state index in [1.807, 2.05) is 55.5 Å². The number of hydrogen-bond acceptors (Lipinski definition) is 6. The fourth-order valence-corrected chi connectivity index (χ4v) is 5.17. The van der Waals surface area contributed by atoms with Gasteiger partial charge in [-0.1, -0.05) is 60.7 Å².